The molecule has 1 atom stereocenters. The largest absolute Gasteiger partial charge is 0.394 e. The Morgan fingerprint density at radius 1 is 1.62 bits per heavy atom. The monoisotopic (exact) mass is 263 g/mol. The van der Waals surface area contributed by atoms with Crippen LogP contribution in [0.1, 0.15) is 24.3 Å². The first-order chi connectivity index (χ1) is 6.27. The van der Waals surface area contributed by atoms with Crippen LogP contribution in [-0.2, 0) is 0 Å². The molecular formula is C9H14BrNOS. The van der Waals surface area contributed by atoms with Gasteiger partial charge in [-0.15, -0.1) is 11.3 Å². The molecule has 2 N–H and O–H groups in total. The van der Waals surface area contributed by atoms with Crippen molar-refractivity contribution in [3.8, 4) is 0 Å². The highest BCUT2D eigenvalue weighted by Gasteiger charge is 2.10. The van der Waals surface area contributed by atoms with E-state index < -0.39 is 0 Å². The smallest absolute Gasteiger partial charge is 0.0702 e. The number of hydrogen-bond acceptors (Lipinski definition) is 3. The summed E-state index contributed by atoms with van der Waals surface area (Å²) in [5.74, 6) is 0. The summed E-state index contributed by atoms with van der Waals surface area (Å²) in [5, 5.41) is 12.4. The Morgan fingerprint density at radius 2 is 2.38 bits per heavy atom. The van der Waals surface area contributed by atoms with Crippen molar-refractivity contribution in [2.24, 2.45) is 0 Å². The number of nitrogens with one attached hydrogen (secondary N) is 1. The van der Waals surface area contributed by atoms with Gasteiger partial charge in [0.05, 0.1) is 16.4 Å². The summed E-state index contributed by atoms with van der Waals surface area (Å²) in [7, 11) is 0. The summed E-state index contributed by atoms with van der Waals surface area (Å²) in [5.41, 5.74) is 0. The van der Waals surface area contributed by atoms with Gasteiger partial charge in [-0.25, -0.2) is 0 Å². The minimum atomic E-state index is 0.0937. The third-order valence-corrected chi connectivity index (χ3v) is 3.50. The van der Waals surface area contributed by atoms with Gasteiger partial charge in [0.1, 0.15) is 0 Å². The Morgan fingerprint density at radius 3 is 2.85 bits per heavy atom. The van der Waals surface area contributed by atoms with Crippen LogP contribution in [-0.4, -0.2) is 18.3 Å². The second-order valence-corrected chi connectivity index (χ2v) is 5.33. The van der Waals surface area contributed by atoms with Crippen LogP contribution in [0.4, 0.5) is 0 Å². The number of hydrogen-bond donors (Lipinski definition) is 2. The molecule has 0 saturated heterocycles. The van der Waals surface area contributed by atoms with Crippen molar-refractivity contribution in [2.45, 2.75) is 19.4 Å². The average Bonchev–Trinajstić information content (AvgIpc) is 2.54. The maximum Gasteiger partial charge on any atom is 0.0702 e. The zero-order chi connectivity index (χ0) is 9.68. The van der Waals surface area contributed by atoms with Crippen LogP contribution in [0.15, 0.2) is 15.9 Å². The molecule has 0 radical (unpaired) electrons. The van der Waals surface area contributed by atoms with Crippen LogP contribution in [0, 0.1) is 0 Å². The summed E-state index contributed by atoms with van der Waals surface area (Å²) in [6.07, 6.45) is 1.09. The molecule has 74 valence electrons. The molecule has 0 aliphatic heterocycles. The third-order valence-electron chi connectivity index (χ3n) is 1.76. The summed E-state index contributed by atoms with van der Waals surface area (Å²) < 4.78 is 1.11. The van der Waals surface area contributed by atoms with Gasteiger partial charge in [0.25, 0.3) is 0 Å². The van der Waals surface area contributed by atoms with E-state index in [1.54, 1.807) is 11.3 Å². The molecule has 2 nitrogen and oxygen atoms in total. The SMILES string of the molecule is CCCNC(CO)c1ccc(Br)s1. The van der Waals surface area contributed by atoms with Crippen LogP contribution in [0.5, 0.6) is 0 Å². The summed E-state index contributed by atoms with van der Waals surface area (Å²) in [6.45, 7) is 3.22. The number of thiophene rings is 1. The molecule has 13 heavy (non-hydrogen) atoms. The predicted octanol–water partition coefficient (Wildman–Crippen LogP) is 2.54. The molecule has 0 amide bonds. The van der Waals surface area contributed by atoms with Crippen molar-refractivity contribution < 1.29 is 5.11 Å². The zero-order valence-corrected chi connectivity index (χ0v) is 9.99. The van der Waals surface area contributed by atoms with Gasteiger partial charge in [0.15, 0.2) is 0 Å². The lowest BCUT2D eigenvalue weighted by molar-refractivity contribution is 0.247. The molecule has 1 aromatic heterocycles. The fourth-order valence-electron chi connectivity index (χ4n) is 1.09. The van der Waals surface area contributed by atoms with Gasteiger partial charge in [0, 0.05) is 4.88 Å². The topological polar surface area (TPSA) is 32.3 Å². The van der Waals surface area contributed by atoms with E-state index in [4.69, 9.17) is 5.11 Å². The number of rotatable bonds is 5. The van der Waals surface area contributed by atoms with Gasteiger partial charge >= 0.3 is 0 Å². The average molecular weight is 264 g/mol. The summed E-state index contributed by atoms with van der Waals surface area (Å²) in [4.78, 5) is 1.18. The van der Waals surface area contributed by atoms with E-state index >= 15 is 0 Å². The lowest BCUT2D eigenvalue weighted by Gasteiger charge is -2.13. The van der Waals surface area contributed by atoms with Crippen LogP contribution < -0.4 is 5.32 Å². The van der Waals surface area contributed by atoms with Gasteiger partial charge in [-0.05, 0) is 41.0 Å². The molecule has 0 spiro atoms. The van der Waals surface area contributed by atoms with Crippen molar-refractivity contribution >= 4 is 27.3 Å². The first-order valence-corrected chi connectivity index (χ1v) is 5.98. The van der Waals surface area contributed by atoms with Gasteiger partial charge in [-0.2, -0.15) is 0 Å². The summed E-state index contributed by atoms with van der Waals surface area (Å²) in [6, 6.07) is 4.14. The molecule has 0 aliphatic rings. The van der Waals surface area contributed by atoms with E-state index in [1.165, 1.54) is 4.88 Å². The van der Waals surface area contributed by atoms with E-state index in [2.05, 4.69) is 28.2 Å². The minimum Gasteiger partial charge on any atom is -0.394 e. The van der Waals surface area contributed by atoms with E-state index in [0.29, 0.717) is 0 Å². The van der Waals surface area contributed by atoms with Crippen molar-refractivity contribution in [3.05, 3.63) is 20.8 Å². The summed E-state index contributed by atoms with van der Waals surface area (Å²) >= 11 is 5.07. The van der Waals surface area contributed by atoms with Crippen LogP contribution in [0.25, 0.3) is 0 Å². The molecule has 0 aromatic carbocycles. The molecule has 0 saturated carbocycles. The Bertz CT molecular complexity index is 252. The molecule has 0 fully saturated rings. The Kier molecular flexibility index (Phi) is 4.94. The highest BCUT2D eigenvalue weighted by atomic mass is 79.9. The normalized spacial score (nSPS) is 13.2. The standard InChI is InChI=1S/C9H14BrNOS/c1-2-5-11-7(6-12)8-3-4-9(10)13-8/h3-4,7,11-12H,2,5-6H2,1H3. The maximum atomic E-state index is 9.14. The van der Waals surface area contributed by atoms with Gasteiger partial charge in [0.2, 0.25) is 0 Å². The number of aliphatic hydroxyl groups excluding tert-OH is 1. The maximum absolute atomic E-state index is 9.14. The van der Waals surface area contributed by atoms with Crippen LogP contribution >= 0.6 is 27.3 Å². The number of aliphatic hydroxyl groups is 1. The first kappa shape index (κ1) is 11.2. The quantitative estimate of drug-likeness (QED) is 0.856. The van der Waals surface area contributed by atoms with Crippen LogP contribution in [0.3, 0.4) is 0 Å². The van der Waals surface area contributed by atoms with Gasteiger partial charge in [-0.3, -0.25) is 0 Å². The van der Waals surface area contributed by atoms with Crippen molar-refractivity contribution in [2.75, 3.05) is 13.2 Å². The van der Waals surface area contributed by atoms with E-state index in [9.17, 15) is 0 Å². The third kappa shape index (κ3) is 3.38. The molecule has 4 heteroatoms. The van der Waals surface area contributed by atoms with E-state index in [0.717, 1.165) is 16.8 Å². The van der Waals surface area contributed by atoms with Gasteiger partial charge in [-0.1, -0.05) is 6.92 Å². The van der Waals surface area contributed by atoms with Crippen molar-refractivity contribution in [1.29, 1.82) is 0 Å². The molecular weight excluding hydrogens is 250 g/mol. The van der Waals surface area contributed by atoms with Crippen LogP contribution in [0.2, 0.25) is 0 Å². The highest BCUT2D eigenvalue weighted by molar-refractivity contribution is 9.11. The second-order valence-electron chi connectivity index (χ2n) is 2.83. The molecule has 0 bridgehead atoms. The van der Waals surface area contributed by atoms with Crippen molar-refractivity contribution in [3.63, 3.8) is 0 Å². The second kappa shape index (κ2) is 5.75. The molecule has 1 rings (SSSR count). The Labute approximate surface area is 91.1 Å². The zero-order valence-electron chi connectivity index (χ0n) is 7.59. The molecule has 1 aromatic rings. The highest BCUT2D eigenvalue weighted by Crippen LogP contribution is 2.26. The van der Waals surface area contributed by atoms with E-state index in [-0.39, 0.29) is 12.6 Å². The molecule has 1 unspecified atom stereocenters. The van der Waals surface area contributed by atoms with E-state index in [1.807, 2.05) is 12.1 Å². The fraction of sp³-hybridized carbons (Fsp3) is 0.556. The van der Waals surface area contributed by atoms with Crippen molar-refractivity contribution in [1.82, 2.24) is 5.32 Å². The minimum absolute atomic E-state index is 0.0937. The first-order valence-electron chi connectivity index (χ1n) is 4.37. The lowest BCUT2D eigenvalue weighted by atomic mass is 10.2. The Balaban J connectivity index is 2.56. The lowest BCUT2D eigenvalue weighted by Crippen LogP contribution is -2.24. The fourth-order valence-corrected chi connectivity index (χ4v) is 2.58. The predicted molar refractivity (Wildman–Crippen MR) is 60.1 cm³/mol. The Hall–Kier alpha value is 0.1000. The number of halogens is 1. The van der Waals surface area contributed by atoms with Gasteiger partial charge < -0.3 is 10.4 Å². The molecule has 1 heterocycles. The molecule has 0 aliphatic carbocycles.